The van der Waals surface area contributed by atoms with Crippen molar-refractivity contribution in [2.45, 2.75) is 6.42 Å². The maximum Gasteiger partial charge on any atom is 0.341 e. The van der Waals surface area contributed by atoms with Gasteiger partial charge in [0, 0.05) is 36.8 Å². The van der Waals surface area contributed by atoms with Gasteiger partial charge in [-0.3, -0.25) is 0 Å². The topological polar surface area (TPSA) is 117 Å². The summed E-state index contributed by atoms with van der Waals surface area (Å²) in [6.45, 7) is 2.87. The standard InChI is InChI=1S/C22H24N4O5/c27-17-3-1-2-15(10-17)4-5-23-22-18-11-16(26-6-8-30-9-7-26)12-19(31-13-20(28)29)21(18)24-14-25-22/h1-3,10-12,14,27H,4-9,13H2,(H,28,29)(H,23,24,25). The zero-order chi connectivity index (χ0) is 21.6. The fourth-order valence-electron chi connectivity index (χ4n) is 3.55. The van der Waals surface area contributed by atoms with E-state index in [1.807, 2.05) is 24.3 Å². The van der Waals surface area contributed by atoms with Crippen molar-refractivity contribution >= 4 is 28.4 Å². The molecule has 3 N–H and O–H groups in total. The molecule has 1 fully saturated rings. The van der Waals surface area contributed by atoms with Gasteiger partial charge in [0.1, 0.15) is 29.2 Å². The number of carboxylic acid groups (broad SMARTS) is 1. The highest BCUT2D eigenvalue weighted by atomic mass is 16.5. The van der Waals surface area contributed by atoms with Crippen LogP contribution < -0.4 is 15.0 Å². The van der Waals surface area contributed by atoms with Crippen LogP contribution in [0.1, 0.15) is 5.56 Å². The number of carbonyl (C=O) groups is 1. The minimum absolute atomic E-state index is 0.236. The first-order valence-corrected chi connectivity index (χ1v) is 10.1. The molecule has 0 atom stereocenters. The number of phenolic OH excluding ortho intramolecular Hbond substituents is 1. The second kappa shape index (κ2) is 9.48. The van der Waals surface area contributed by atoms with E-state index in [4.69, 9.17) is 14.6 Å². The molecule has 0 bridgehead atoms. The third kappa shape index (κ3) is 5.13. The van der Waals surface area contributed by atoms with E-state index in [2.05, 4.69) is 20.2 Å². The zero-order valence-corrected chi connectivity index (χ0v) is 17.0. The molecule has 1 aliphatic heterocycles. The van der Waals surface area contributed by atoms with E-state index in [1.54, 1.807) is 12.1 Å². The van der Waals surface area contributed by atoms with Crippen molar-refractivity contribution < 1.29 is 24.5 Å². The summed E-state index contributed by atoms with van der Waals surface area (Å²) in [5.74, 6) is 0.226. The second-order valence-electron chi connectivity index (χ2n) is 7.19. The van der Waals surface area contributed by atoms with Crippen LogP contribution >= 0.6 is 0 Å². The molecule has 3 aromatic rings. The second-order valence-corrected chi connectivity index (χ2v) is 7.19. The molecule has 1 aliphatic rings. The Balaban J connectivity index is 1.62. The SMILES string of the molecule is O=C(O)COc1cc(N2CCOCC2)cc2c(NCCc3cccc(O)c3)ncnc12. The van der Waals surface area contributed by atoms with Crippen LogP contribution in [0.4, 0.5) is 11.5 Å². The molecule has 1 aromatic heterocycles. The van der Waals surface area contributed by atoms with Gasteiger partial charge in [-0.05, 0) is 30.2 Å². The summed E-state index contributed by atoms with van der Waals surface area (Å²) in [5.41, 5.74) is 2.46. The molecule has 0 unspecified atom stereocenters. The minimum atomic E-state index is -1.05. The van der Waals surface area contributed by atoms with Gasteiger partial charge in [0.15, 0.2) is 6.61 Å². The van der Waals surface area contributed by atoms with Gasteiger partial charge in [-0.25, -0.2) is 14.8 Å². The number of benzene rings is 2. The van der Waals surface area contributed by atoms with E-state index in [-0.39, 0.29) is 5.75 Å². The molecule has 2 heterocycles. The Morgan fingerprint density at radius 3 is 2.81 bits per heavy atom. The Morgan fingerprint density at radius 2 is 2.03 bits per heavy atom. The Hall–Kier alpha value is -3.59. The molecule has 31 heavy (non-hydrogen) atoms. The molecule has 162 valence electrons. The Bertz CT molecular complexity index is 1070. The minimum Gasteiger partial charge on any atom is -0.508 e. The normalized spacial score (nSPS) is 13.9. The lowest BCUT2D eigenvalue weighted by molar-refractivity contribution is -0.139. The monoisotopic (exact) mass is 424 g/mol. The van der Waals surface area contributed by atoms with Crippen LogP contribution in [0.15, 0.2) is 42.7 Å². The number of aliphatic carboxylic acids is 1. The fourth-order valence-corrected chi connectivity index (χ4v) is 3.55. The summed E-state index contributed by atoms with van der Waals surface area (Å²) in [4.78, 5) is 21.9. The number of hydrogen-bond donors (Lipinski definition) is 3. The lowest BCUT2D eigenvalue weighted by Gasteiger charge is -2.29. The van der Waals surface area contributed by atoms with Gasteiger partial charge >= 0.3 is 5.97 Å². The zero-order valence-electron chi connectivity index (χ0n) is 17.0. The number of phenols is 1. The molecule has 4 rings (SSSR count). The summed E-state index contributed by atoms with van der Waals surface area (Å²) in [5, 5.41) is 22.8. The molecular formula is C22H24N4O5. The van der Waals surface area contributed by atoms with Crippen LogP contribution in [-0.2, 0) is 16.0 Å². The van der Waals surface area contributed by atoms with E-state index in [0.717, 1.165) is 29.7 Å². The summed E-state index contributed by atoms with van der Waals surface area (Å²) in [6.07, 6.45) is 2.13. The number of hydrogen-bond acceptors (Lipinski definition) is 8. The smallest absolute Gasteiger partial charge is 0.341 e. The summed E-state index contributed by atoms with van der Waals surface area (Å²) >= 11 is 0. The maximum absolute atomic E-state index is 11.0. The van der Waals surface area contributed by atoms with Gasteiger partial charge in [0.25, 0.3) is 0 Å². The van der Waals surface area contributed by atoms with E-state index in [1.165, 1.54) is 6.33 Å². The van der Waals surface area contributed by atoms with Crippen LogP contribution in [0.2, 0.25) is 0 Å². The van der Waals surface area contributed by atoms with Crippen molar-refractivity contribution in [1.29, 1.82) is 0 Å². The van der Waals surface area contributed by atoms with Crippen molar-refractivity contribution in [1.82, 2.24) is 9.97 Å². The summed E-state index contributed by atoms with van der Waals surface area (Å²) in [7, 11) is 0. The molecule has 0 amide bonds. The summed E-state index contributed by atoms with van der Waals surface area (Å²) < 4.78 is 11.0. The molecule has 9 nitrogen and oxygen atoms in total. The number of nitrogens with one attached hydrogen (secondary N) is 1. The van der Waals surface area contributed by atoms with E-state index >= 15 is 0 Å². The number of fused-ring (bicyclic) bond motifs is 1. The fraction of sp³-hybridized carbons (Fsp3) is 0.318. The predicted octanol–water partition coefficient (Wildman–Crippen LogP) is 2.29. The van der Waals surface area contributed by atoms with Gasteiger partial charge in [0.2, 0.25) is 0 Å². The Labute approximate surface area is 179 Å². The van der Waals surface area contributed by atoms with Crippen molar-refractivity contribution in [2.24, 2.45) is 0 Å². The molecule has 0 saturated carbocycles. The molecule has 9 heteroatoms. The number of aromatic hydroxyl groups is 1. The van der Waals surface area contributed by atoms with Crippen molar-refractivity contribution in [3.63, 3.8) is 0 Å². The van der Waals surface area contributed by atoms with E-state index < -0.39 is 12.6 Å². The van der Waals surface area contributed by atoms with Gasteiger partial charge in [0.05, 0.1) is 13.2 Å². The van der Waals surface area contributed by atoms with E-state index in [9.17, 15) is 9.90 Å². The Morgan fingerprint density at radius 1 is 1.19 bits per heavy atom. The average molecular weight is 424 g/mol. The lowest BCUT2D eigenvalue weighted by atomic mass is 10.1. The van der Waals surface area contributed by atoms with Gasteiger partial charge in [-0.1, -0.05) is 12.1 Å². The number of rotatable bonds is 8. The average Bonchev–Trinajstić information content (AvgIpc) is 2.78. The van der Waals surface area contributed by atoms with Crippen LogP contribution in [0.3, 0.4) is 0 Å². The third-order valence-electron chi connectivity index (χ3n) is 5.03. The largest absolute Gasteiger partial charge is 0.508 e. The molecule has 0 radical (unpaired) electrons. The molecule has 1 saturated heterocycles. The highest BCUT2D eigenvalue weighted by Crippen LogP contribution is 2.34. The first-order valence-electron chi connectivity index (χ1n) is 10.1. The number of nitrogens with zero attached hydrogens (tertiary/aromatic N) is 3. The van der Waals surface area contributed by atoms with Gasteiger partial charge in [-0.15, -0.1) is 0 Å². The quantitative estimate of drug-likeness (QED) is 0.501. The number of ether oxygens (including phenoxy) is 2. The summed E-state index contributed by atoms with van der Waals surface area (Å²) in [6, 6.07) is 10.9. The maximum atomic E-state index is 11.0. The molecule has 0 spiro atoms. The van der Waals surface area contributed by atoms with Crippen LogP contribution in [0, 0.1) is 0 Å². The molecular weight excluding hydrogens is 400 g/mol. The molecule has 0 aliphatic carbocycles. The highest BCUT2D eigenvalue weighted by Gasteiger charge is 2.17. The van der Waals surface area contributed by atoms with Crippen molar-refractivity contribution in [3.05, 3.63) is 48.3 Å². The Kier molecular flexibility index (Phi) is 6.32. The van der Waals surface area contributed by atoms with Crippen molar-refractivity contribution in [2.75, 3.05) is 49.7 Å². The van der Waals surface area contributed by atoms with Crippen LogP contribution in [-0.4, -0.2) is 65.6 Å². The number of morpholine rings is 1. The van der Waals surface area contributed by atoms with Gasteiger partial charge in [-0.2, -0.15) is 0 Å². The lowest BCUT2D eigenvalue weighted by Crippen LogP contribution is -2.36. The van der Waals surface area contributed by atoms with Gasteiger partial charge < -0.3 is 29.9 Å². The number of carboxylic acids is 1. The van der Waals surface area contributed by atoms with E-state index in [0.29, 0.717) is 43.3 Å². The van der Waals surface area contributed by atoms with Crippen LogP contribution in [0.5, 0.6) is 11.5 Å². The highest BCUT2D eigenvalue weighted by molar-refractivity contribution is 5.96. The number of anilines is 2. The van der Waals surface area contributed by atoms with Crippen LogP contribution in [0.25, 0.3) is 10.9 Å². The molecule has 2 aromatic carbocycles. The predicted molar refractivity (Wildman–Crippen MR) is 116 cm³/mol. The van der Waals surface area contributed by atoms with Crippen molar-refractivity contribution in [3.8, 4) is 11.5 Å². The number of aromatic nitrogens is 2. The first-order chi connectivity index (χ1) is 15.1. The first kappa shape index (κ1) is 20.7. The third-order valence-corrected chi connectivity index (χ3v) is 5.03.